The maximum absolute atomic E-state index is 10.7. The molecule has 0 fully saturated rings. The molecule has 2 rings (SSSR count). The van der Waals surface area contributed by atoms with E-state index in [4.69, 9.17) is 9.63 Å². The van der Waals surface area contributed by atoms with Crippen molar-refractivity contribution in [3.05, 3.63) is 17.0 Å². The van der Waals surface area contributed by atoms with Crippen LogP contribution in [0.25, 0.3) is 0 Å². The van der Waals surface area contributed by atoms with Gasteiger partial charge in [-0.25, -0.2) is 4.79 Å². The molecule has 1 N–H and O–H groups in total. The van der Waals surface area contributed by atoms with Gasteiger partial charge < -0.3 is 9.63 Å². The summed E-state index contributed by atoms with van der Waals surface area (Å²) in [6.07, 6.45) is 4.91. The number of hydrogen-bond donors (Lipinski definition) is 1. The van der Waals surface area contributed by atoms with Gasteiger partial charge in [-0.1, -0.05) is 11.6 Å². The predicted octanol–water partition coefficient (Wildman–Crippen LogP) is 1.64. The average Bonchev–Trinajstić information content (AvgIpc) is 2.36. The molecule has 0 amide bonds. The van der Waals surface area contributed by atoms with Crippen molar-refractivity contribution in [2.75, 3.05) is 0 Å². The van der Waals surface area contributed by atoms with Crippen molar-refractivity contribution in [3.8, 4) is 0 Å². The smallest absolute Gasteiger partial charge is 0.375 e. The van der Waals surface area contributed by atoms with Crippen LogP contribution in [-0.4, -0.2) is 16.2 Å². The highest BCUT2D eigenvalue weighted by atomic mass is 16.5. The first-order chi connectivity index (χ1) is 6.29. The van der Waals surface area contributed by atoms with Crippen molar-refractivity contribution in [2.24, 2.45) is 0 Å². The van der Waals surface area contributed by atoms with E-state index < -0.39 is 5.97 Å². The number of carbonyl (C=O) groups is 1. The number of nitrogens with zero attached hydrogens (tertiary/aromatic N) is 1. The zero-order chi connectivity index (χ0) is 9.26. The molecule has 1 aliphatic carbocycles. The van der Waals surface area contributed by atoms with Gasteiger partial charge in [0.15, 0.2) is 0 Å². The van der Waals surface area contributed by atoms with Crippen LogP contribution in [0, 0.1) is 0 Å². The maximum Gasteiger partial charge on any atom is 0.375 e. The Balaban J connectivity index is 2.39. The van der Waals surface area contributed by atoms with E-state index in [9.17, 15) is 4.79 Å². The molecule has 4 heteroatoms. The molecule has 1 aromatic heterocycles. The van der Waals surface area contributed by atoms with E-state index in [1.54, 1.807) is 0 Å². The second kappa shape index (κ2) is 3.20. The fourth-order valence-electron chi connectivity index (χ4n) is 1.74. The fraction of sp³-hybridized carbons (Fsp3) is 0.556. The lowest BCUT2D eigenvalue weighted by Crippen LogP contribution is -1.99. The number of carboxylic acid groups (broad SMARTS) is 1. The van der Waals surface area contributed by atoms with Gasteiger partial charge in [0.1, 0.15) is 0 Å². The average molecular weight is 181 g/mol. The molecule has 0 bridgehead atoms. The fourth-order valence-corrected chi connectivity index (χ4v) is 1.74. The third-order valence-corrected chi connectivity index (χ3v) is 2.40. The van der Waals surface area contributed by atoms with Crippen LogP contribution in [0.15, 0.2) is 4.52 Å². The van der Waals surface area contributed by atoms with Crippen LogP contribution < -0.4 is 0 Å². The summed E-state index contributed by atoms with van der Waals surface area (Å²) in [6.45, 7) is 0. The van der Waals surface area contributed by atoms with Gasteiger partial charge in [-0.05, 0) is 25.7 Å². The first-order valence-electron chi connectivity index (χ1n) is 4.50. The number of carboxylic acids is 1. The second-order valence-electron chi connectivity index (χ2n) is 3.30. The molecule has 13 heavy (non-hydrogen) atoms. The number of aromatic carboxylic acids is 1. The Morgan fingerprint density at radius 1 is 1.31 bits per heavy atom. The van der Waals surface area contributed by atoms with Gasteiger partial charge in [0, 0.05) is 5.56 Å². The van der Waals surface area contributed by atoms with Gasteiger partial charge in [-0.2, -0.15) is 0 Å². The quantitative estimate of drug-likeness (QED) is 0.669. The topological polar surface area (TPSA) is 63.3 Å². The van der Waals surface area contributed by atoms with Crippen LogP contribution in [0.2, 0.25) is 0 Å². The Bertz CT molecular complexity index is 330. The van der Waals surface area contributed by atoms with E-state index in [0.29, 0.717) is 0 Å². The summed E-state index contributed by atoms with van der Waals surface area (Å²) in [6, 6.07) is 0. The van der Waals surface area contributed by atoms with E-state index in [-0.39, 0.29) is 5.76 Å². The summed E-state index contributed by atoms with van der Waals surface area (Å²) in [4.78, 5) is 10.7. The Kier molecular flexibility index (Phi) is 2.04. The van der Waals surface area contributed by atoms with Crippen molar-refractivity contribution >= 4 is 5.97 Å². The zero-order valence-electron chi connectivity index (χ0n) is 7.25. The molecule has 0 saturated carbocycles. The lowest BCUT2D eigenvalue weighted by molar-refractivity contribution is 0.0650. The van der Waals surface area contributed by atoms with E-state index >= 15 is 0 Å². The van der Waals surface area contributed by atoms with Gasteiger partial charge in [-0.15, -0.1) is 0 Å². The summed E-state index contributed by atoms with van der Waals surface area (Å²) in [5, 5.41) is 12.6. The Morgan fingerprint density at radius 3 is 2.85 bits per heavy atom. The van der Waals surface area contributed by atoms with Crippen LogP contribution in [-0.2, 0) is 12.8 Å². The van der Waals surface area contributed by atoms with E-state index in [1.165, 1.54) is 0 Å². The Morgan fingerprint density at radius 2 is 2.08 bits per heavy atom. The van der Waals surface area contributed by atoms with Crippen LogP contribution >= 0.6 is 0 Å². The molecule has 1 aromatic rings. The second-order valence-corrected chi connectivity index (χ2v) is 3.30. The third-order valence-electron chi connectivity index (χ3n) is 2.40. The summed E-state index contributed by atoms with van der Waals surface area (Å²) < 4.78 is 4.78. The van der Waals surface area contributed by atoms with Gasteiger partial charge in [0.05, 0.1) is 5.69 Å². The molecule has 1 heterocycles. The molecule has 0 spiro atoms. The van der Waals surface area contributed by atoms with E-state index in [0.717, 1.165) is 43.4 Å². The van der Waals surface area contributed by atoms with Gasteiger partial charge in [-0.3, -0.25) is 0 Å². The van der Waals surface area contributed by atoms with E-state index in [2.05, 4.69) is 5.16 Å². The van der Waals surface area contributed by atoms with Crippen LogP contribution in [0.4, 0.5) is 0 Å². The molecule has 0 atom stereocenters. The van der Waals surface area contributed by atoms with Crippen molar-refractivity contribution in [1.29, 1.82) is 0 Å². The molecule has 0 saturated heterocycles. The molecular formula is C9H11NO3. The Labute approximate surface area is 75.5 Å². The van der Waals surface area contributed by atoms with Gasteiger partial charge in [0.2, 0.25) is 5.76 Å². The van der Waals surface area contributed by atoms with E-state index in [1.807, 2.05) is 0 Å². The minimum atomic E-state index is -1.00. The monoisotopic (exact) mass is 181 g/mol. The molecule has 0 aliphatic heterocycles. The number of hydrogen-bond acceptors (Lipinski definition) is 3. The molecule has 70 valence electrons. The maximum atomic E-state index is 10.7. The van der Waals surface area contributed by atoms with Crippen molar-refractivity contribution in [2.45, 2.75) is 32.1 Å². The van der Waals surface area contributed by atoms with Gasteiger partial charge >= 0.3 is 5.97 Å². The molecule has 1 aliphatic rings. The lowest BCUT2D eigenvalue weighted by Gasteiger charge is -1.93. The summed E-state index contributed by atoms with van der Waals surface area (Å²) >= 11 is 0. The third kappa shape index (κ3) is 1.43. The van der Waals surface area contributed by atoms with Gasteiger partial charge in [0.25, 0.3) is 0 Å². The molecule has 0 unspecified atom stereocenters. The first kappa shape index (κ1) is 8.29. The molecule has 0 aromatic carbocycles. The highest BCUT2D eigenvalue weighted by Crippen LogP contribution is 2.22. The standard InChI is InChI=1S/C9H11NO3/c11-9(12)8-6-4-2-1-3-5-7(6)10-13-8/h1-5H2,(H,11,12). The molecule has 0 radical (unpaired) electrons. The number of rotatable bonds is 1. The van der Waals surface area contributed by atoms with Crippen LogP contribution in [0.1, 0.15) is 41.1 Å². The van der Waals surface area contributed by atoms with Crippen LogP contribution in [0.5, 0.6) is 0 Å². The highest BCUT2D eigenvalue weighted by molar-refractivity contribution is 5.86. The first-order valence-corrected chi connectivity index (χ1v) is 4.50. The number of aromatic nitrogens is 1. The predicted molar refractivity (Wildman–Crippen MR) is 44.7 cm³/mol. The van der Waals surface area contributed by atoms with Crippen molar-refractivity contribution in [3.63, 3.8) is 0 Å². The highest BCUT2D eigenvalue weighted by Gasteiger charge is 2.22. The summed E-state index contributed by atoms with van der Waals surface area (Å²) in [7, 11) is 0. The van der Waals surface area contributed by atoms with Crippen molar-refractivity contribution in [1.82, 2.24) is 5.16 Å². The normalized spacial score (nSPS) is 16.3. The largest absolute Gasteiger partial charge is 0.475 e. The van der Waals surface area contributed by atoms with Crippen LogP contribution in [0.3, 0.4) is 0 Å². The minimum absolute atomic E-state index is 0.0388. The zero-order valence-corrected chi connectivity index (χ0v) is 7.25. The van der Waals surface area contributed by atoms with Crippen molar-refractivity contribution < 1.29 is 14.4 Å². The molecule has 4 nitrogen and oxygen atoms in total. The molecular weight excluding hydrogens is 170 g/mol. The summed E-state index contributed by atoms with van der Waals surface area (Å²) in [5.41, 5.74) is 1.65. The number of fused-ring (bicyclic) bond motifs is 1. The Hall–Kier alpha value is -1.32. The number of aryl methyl sites for hydroxylation is 1. The summed E-state index contributed by atoms with van der Waals surface area (Å²) in [5.74, 6) is -0.965. The lowest BCUT2D eigenvalue weighted by atomic mass is 10.1. The minimum Gasteiger partial charge on any atom is -0.475 e. The SMILES string of the molecule is O=C(O)c1onc2c1CCCCC2.